The maximum absolute atomic E-state index is 13.2. The largest absolute Gasteiger partial charge is 0.481 e. The van der Waals surface area contributed by atoms with Crippen LogP contribution in [0.3, 0.4) is 0 Å². The maximum Gasteiger partial charge on any atom is 0.300 e. The maximum atomic E-state index is 13.2. The number of rotatable bonds is 3. The van der Waals surface area contributed by atoms with Crippen molar-refractivity contribution in [1.82, 2.24) is 10.5 Å². The van der Waals surface area contributed by atoms with Crippen LogP contribution in [-0.2, 0) is 11.2 Å². The van der Waals surface area contributed by atoms with Crippen LogP contribution >= 0.6 is 0 Å². The summed E-state index contributed by atoms with van der Waals surface area (Å²) in [5, 5.41) is 13.1. The first-order chi connectivity index (χ1) is 11.8. The number of H-pyrrole nitrogens is 1. The van der Waals surface area contributed by atoms with E-state index in [0.29, 0.717) is 12.2 Å². The lowest BCUT2D eigenvalue weighted by Gasteiger charge is -2.29. The molecule has 2 aromatic rings. The summed E-state index contributed by atoms with van der Waals surface area (Å²) >= 11 is 0. The number of carboxylic acid groups (broad SMARTS) is 1. The summed E-state index contributed by atoms with van der Waals surface area (Å²) in [6, 6.07) is 5.60. The fourth-order valence-corrected chi connectivity index (χ4v) is 2.87. The number of benzene rings is 1. The van der Waals surface area contributed by atoms with E-state index in [1.54, 1.807) is 6.07 Å². The topological polar surface area (TPSA) is 95.3 Å². The highest BCUT2D eigenvalue weighted by molar-refractivity contribution is 5.62. The number of hydrogen-bond donors (Lipinski definition) is 3. The molecule has 0 unspecified atom stereocenters. The first-order valence-electron chi connectivity index (χ1n) is 7.90. The van der Waals surface area contributed by atoms with Crippen LogP contribution in [0.2, 0.25) is 0 Å². The third-order valence-corrected chi connectivity index (χ3v) is 3.91. The highest BCUT2D eigenvalue weighted by atomic mass is 19.2. The molecule has 1 aromatic heterocycles. The molecular formula is C17H20F2N2O4. The molecule has 1 aliphatic heterocycles. The summed E-state index contributed by atoms with van der Waals surface area (Å²) in [7, 11) is 0. The Hall–Kier alpha value is -2.48. The lowest BCUT2D eigenvalue weighted by Crippen LogP contribution is -2.38. The van der Waals surface area contributed by atoms with E-state index in [2.05, 4.69) is 10.5 Å². The van der Waals surface area contributed by atoms with Crippen LogP contribution in [0.1, 0.15) is 37.0 Å². The van der Waals surface area contributed by atoms with Gasteiger partial charge in [0.25, 0.3) is 11.5 Å². The lowest BCUT2D eigenvalue weighted by atomic mass is 9.87. The molecule has 0 amide bonds. The predicted octanol–water partition coefficient (Wildman–Crippen LogP) is 2.42. The molecular weight excluding hydrogens is 334 g/mol. The van der Waals surface area contributed by atoms with Gasteiger partial charge in [-0.2, -0.15) is 5.16 Å². The number of carboxylic acids is 1. The minimum Gasteiger partial charge on any atom is -0.481 e. The van der Waals surface area contributed by atoms with Crippen LogP contribution in [0, 0.1) is 11.6 Å². The van der Waals surface area contributed by atoms with Gasteiger partial charge in [-0.3, -0.25) is 9.59 Å². The summed E-state index contributed by atoms with van der Waals surface area (Å²) in [6.45, 7) is 1.88. The number of carbonyl (C=O) groups is 1. The molecule has 8 heteroatoms. The summed E-state index contributed by atoms with van der Waals surface area (Å²) in [6.07, 6.45) is 2.29. The Morgan fingerprint density at radius 1 is 1.32 bits per heavy atom. The lowest BCUT2D eigenvalue weighted by molar-refractivity contribution is -0.134. The Morgan fingerprint density at radius 3 is 2.64 bits per heavy atom. The van der Waals surface area contributed by atoms with E-state index < -0.39 is 17.6 Å². The first kappa shape index (κ1) is 18.9. The molecule has 0 aliphatic carbocycles. The molecule has 2 heterocycles. The van der Waals surface area contributed by atoms with Gasteiger partial charge in [-0.15, -0.1) is 0 Å². The highest BCUT2D eigenvalue weighted by Gasteiger charge is 2.25. The third kappa shape index (κ3) is 5.82. The molecule has 0 saturated carbocycles. The number of hydrogen-bond acceptors (Lipinski definition) is 4. The van der Waals surface area contributed by atoms with Crippen molar-refractivity contribution in [3.63, 3.8) is 0 Å². The number of aromatic nitrogens is 1. The molecule has 1 aliphatic rings. The Kier molecular flexibility index (Phi) is 6.46. The van der Waals surface area contributed by atoms with Gasteiger partial charge >= 0.3 is 0 Å². The normalized spacial score (nSPS) is 19.8. The number of aromatic amines is 1. The molecule has 136 valence electrons. The molecule has 3 rings (SSSR count). The molecule has 6 nitrogen and oxygen atoms in total. The fraction of sp³-hybridized carbons (Fsp3) is 0.412. The first-order valence-corrected chi connectivity index (χ1v) is 7.90. The number of aliphatic carboxylic acids is 1. The van der Waals surface area contributed by atoms with E-state index in [-0.39, 0.29) is 17.5 Å². The number of halogens is 2. The second kappa shape index (κ2) is 8.57. The van der Waals surface area contributed by atoms with Crippen molar-refractivity contribution in [3.05, 3.63) is 57.6 Å². The van der Waals surface area contributed by atoms with Crippen molar-refractivity contribution in [2.24, 2.45) is 0 Å². The van der Waals surface area contributed by atoms with Gasteiger partial charge < -0.3 is 14.9 Å². The van der Waals surface area contributed by atoms with Crippen LogP contribution in [0.5, 0.6) is 0 Å². The van der Waals surface area contributed by atoms with Gasteiger partial charge in [-0.1, -0.05) is 6.07 Å². The molecule has 0 bridgehead atoms. The summed E-state index contributed by atoms with van der Waals surface area (Å²) in [5.74, 6) is -1.66. The van der Waals surface area contributed by atoms with E-state index in [4.69, 9.17) is 14.4 Å². The highest BCUT2D eigenvalue weighted by Crippen LogP contribution is 2.28. The van der Waals surface area contributed by atoms with Gasteiger partial charge in [0, 0.05) is 24.9 Å². The fourth-order valence-electron chi connectivity index (χ4n) is 2.87. The molecule has 1 aromatic carbocycles. The second-order valence-corrected chi connectivity index (χ2v) is 5.96. The Bertz CT molecular complexity index is 768. The van der Waals surface area contributed by atoms with E-state index in [1.807, 2.05) is 0 Å². The van der Waals surface area contributed by atoms with Crippen LogP contribution in [0.25, 0.3) is 0 Å². The molecule has 0 spiro atoms. The SMILES string of the molecule is CC(=O)O.O=c1cc([C@H]2CCN[C@@H](Cc3ccc(F)c(F)c3)C2)o[nH]1. The molecule has 25 heavy (non-hydrogen) atoms. The molecule has 1 saturated heterocycles. The van der Waals surface area contributed by atoms with E-state index in [9.17, 15) is 13.6 Å². The van der Waals surface area contributed by atoms with Crippen molar-refractivity contribution in [2.75, 3.05) is 6.54 Å². The van der Waals surface area contributed by atoms with Gasteiger partial charge in [0.1, 0.15) is 5.76 Å². The smallest absolute Gasteiger partial charge is 0.300 e. The zero-order valence-corrected chi connectivity index (χ0v) is 13.7. The van der Waals surface area contributed by atoms with Crippen molar-refractivity contribution in [3.8, 4) is 0 Å². The summed E-state index contributed by atoms with van der Waals surface area (Å²) in [5.41, 5.74) is 0.517. The van der Waals surface area contributed by atoms with Crippen molar-refractivity contribution >= 4 is 5.97 Å². The average Bonchev–Trinajstić information content (AvgIpc) is 2.97. The number of nitrogens with one attached hydrogen (secondary N) is 2. The summed E-state index contributed by atoms with van der Waals surface area (Å²) < 4.78 is 31.3. The zero-order valence-electron chi connectivity index (χ0n) is 13.7. The van der Waals surface area contributed by atoms with Gasteiger partial charge in [0.15, 0.2) is 11.6 Å². The zero-order chi connectivity index (χ0) is 18.4. The monoisotopic (exact) mass is 354 g/mol. The minimum atomic E-state index is -0.833. The Morgan fingerprint density at radius 2 is 2.04 bits per heavy atom. The molecule has 1 fully saturated rings. The molecule has 2 atom stereocenters. The molecule has 3 N–H and O–H groups in total. The molecule has 0 radical (unpaired) electrons. The minimum absolute atomic E-state index is 0.147. The van der Waals surface area contributed by atoms with Gasteiger partial charge in [0.2, 0.25) is 0 Å². The van der Waals surface area contributed by atoms with Crippen molar-refractivity contribution < 1.29 is 23.2 Å². The van der Waals surface area contributed by atoms with E-state index >= 15 is 0 Å². The van der Waals surface area contributed by atoms with Gasteiger partial charge in [0.05, 0.1) is 0 Å². The van der Waals surface area contributed by atoms with Crippen LogP contribution in [-0.4, -0.2) is 28.8 Å². The van der Waals surface area contributed by atoms with Crippen LogP contribution in [0.15, 0.2) is 33.6 Å². The van der Waals surface area contributed by atoms with Crippen LogP contribution in [0.4, 0.5) is 8.78 Å². The quantitative estimate of drug-likeness (QED) is 0.787. The number of piperidine rings is 1. The average molecular weight is 354 g/mol. The van der Waals surface area contributed by atoms with Gasteiger partial charge in [-0.05, 0) is 43.5 Å². The third-order valence-electron chi connectivity index (χ3n) is 3.91. The van der Waals surface area contributed by atoms with Crippen LogP contribution < -0.4 is 10.9 Å². The van der Waals surface area contributed by atoms with Crippen molar-refractivity contribution in [2.45, 2.75) is 38.1 Å². The van der Waals surface area contributed by atoms with E-state index in [0.717, 1.165) is 37.9 Å². The standard InChI is InChI=1S/C15H16F2N2O2.C2H4O2/c16-12-2-1-9(6-13(12)17)5-11-7-10(3-4-18-11)14-8-15(20)19-21-14;1-2(3)4/h1-2,6,8,10-11,18H,3-5,7H2,(H,19,20);1H3,(H,3,4)/t10-,11-;/m0./s1. The Labute approximate surface area is 142 Å². The Balaban J connectivity index is 0.000000511. The van der Waals surface area contributed by atoms with E-state index in [1.165, 1.54) is 12.1 Å². The summed E-state index contributed by atoms with van der Waals surface area (Å²) in [4.78, 5) is 20.1. The second-order valence-electron chi connectivity index (χ2n) is 5.96. The van der Waals surface area contributed by atoms with Gasteiger partial charge in [-0.25, -0.2) is 8.78 Å². The van der Waals surface area contributed by atoms with Crippen molar-refractivity contribution in [1.29, 1.82) is 0 Å². The predicted molar refractivity (Wildman–Crippen MR) is 86.5 cm³/mol.